The third kappa shape index (κ3) is 12.9. The van der Waals surface area contributed by atoms with Gasteiger partial charge in [0.2, 0.25) is 11.8 Å². The maximum atomic E-state index is 13.3. The number of hydrogen-bond donors (Lipinski definition) is 6. The molecule has 6 N–H and O–H groups in total. The molecule has 77 heavy (non-hydrogen) atoms. The van der Waals surface area contributed by atoms with E-state index in [-0.39, 0.29) is 35.4 Å². The topological polar surface area (TPSA) is 250 Å². The van der Waals surface area contributed by atoms with Crippen molar-refractivity contribution in [2.24, 2.45) is 5.92 Å². The van der Waals surface area contributed by atoms with E-state index in [0.29, 0.717) is 72.9 Å². The van der Waals surface area contributed by atoms with Crippen LogP contribution in [0.5, 0.6) is 0 Å². The number of hydrogen-bond acceptors (Lipinski definition) is 15. The number of amides is 4. The van der Waals surface area contributed by atoms with Crippen molar-refractivity contribution in [3.8, 4) is 0 Å². The predicted molar refractivity (Wildman–Crippen MR) is 293 cm³/mol. The summed E-state index contributed by atoms with van der Waals surface area (Å²) in [5.74, 6) is 0.468. The number of carbonyl (C=O) groups is 5. The van der Waals surface area contributed by atoms with E-state index in [1.807, 2.05) is 0 Å². The second kappa shape index (κ2) is 24.7. The second-order valence-electron chi connectivity index (χ2n) is 23.2. The number of Topliss-reactive ketones (excluding diaryl/α,β-unsaturated/α-hetero) is 1. The molecule has 19 nitrogen and oxygen atoms in total. The summed E-state index contributed by atoms with van der Waals surface area (Å²) in [7, 11) is 0. The second-order valence-corrected chi connectivity index (χ2v) is 23.2. The Bertz CT molecular complexity index is 2900. The lowest BCUT2D eigenvalue weighted by atomic mass is 9.76. The first-order valence-corrected chi connectivity index (χ1v) is 28.3. The third-order valence-electron chi connectivity index (χ3n) is 16.2. The first-order valence-electron chi connectivity index (χ1n) is 28.3. The molecule has 19 heteroatoms. The van der Waals surface area contributed by atoms with Gasteiger partial charge in [-0.25, -0.2) is 19.9 Å². The highest BCUT2D eigenvalue weighted by molar-refractivity contribution is 6.25. The molecule has 0 spiro atoms. The maximum Gasteiger partial charge on any atom is 0.264 e. The quantitative estimate of drug-likeness (QED) is 0.0216. The number of nitrogens with zero attached hydrogens (tertiary/aromatic N) is 7. The van der Waals surface area contributed by atoms with Crippen molar-refractivity contribution in [3.05, 3.63) is 71.6 Å². The minimum Gasteiger partial charge on any atom is -0.387 e. The van der Waals surface area contributed by atoms with E-state index in [2.05, 4.69) is 93.6 Å². The van der Waals surface area contributed by atoms with Gasteiger partial charge in [0.1, 0.15) is 42.3 Å². The summed E-state index contributed by atoms with van der Waals surface area (Å²) in [5, 5.41) is 31.6. The number of benzene rings is 2. The number of carbonyl (C=O) groups excluding carboxylic acids is 5. The minimum atomic E-state index is -1.16. The van der Waals surface area contributed by atoms with Gasteiger partial charge < -0.3 is 30.6 Å². The largest absolute Gasteiger partial charge is 0.387 e. The van der Waals surface area contributed by atoms with Crippen LogP contribution in [0, 0.1) is 5.92 Å². The highest BCUT2D eigenvalue weighted by Gasteiger charge is 2.48. The molecule has 414 valence electrons. The lowest BCUT2D eigenvalue weighted by Gasteiger charge is -2.46. The SMILES string of the molecule is CC(C)N(C[C@H]1O[C@@H](n2cnc3c(NCCCCCC(=O)CCCCCCCCCNc4cccc5c4C(=O)N(C4CCC(=O)NC4=O)C5=O)ncnc32)[C@@H](O)C1O)C1CC(CCc2nc3ccc(C(C)(C)C)cc3[nH]2)C1. The summed E-state index contributed by atoms with van der Waals surface area (Å²) in [6.07, 6.45) is 14.5. The molecule has 1 saturated carbocycles. The van der Waals surface area contributed by atoms with Crippen LogP contribution in [0.3, 0.4) is 0 Å². The summed E-state index contributed by atoms with van der Waals surface area (Å²) < 4.78 is 8.14. The van der Waals surface area contributed by atoms with Gasteiger partial charge in [0.15, 0.2) is 23.2 Å². The van der Waals surface area contributed by atoms with Crippen LogP contribution in [-0.2, 0) is 31.0 Å². The van der Waals surface area contributed by atoms with E-state index in [1.165, 1.54) is 11.9 Å². The Balaban J connectivity index is 0.624. The van der Waals surface area contributed by atoms with Crippen molar-refractivity contribution in [1.82, 2.24) is 44.6 Å². The van der Waals surface area contributed by atoms with Gasteiger partial charge in [-0.1, -0.05) is 71.4 Å². The fourth-order valence-electron chi connectivity index (χ4n) is 11.6. The van der Waals surface area contributed by atoms with Gasteiger partial charge in [-0.15, -0.1) is 0 Å². The lowest BCUT2D eigenvalue weighted by Crippen LogP contribution is -2.54. The van der Waals surface area contributed by atoms with Crippen molar-refractivity contribution in [1.29, 1.82) is 0 Å². The molecule has 2 unspecified atom stereocenters. The average Bonchev–Trinajstić information content (AvgIpc) is 4.20. The molecule has 2 aromatic carbocycles. The molecule has 0 bridgehead atoms. The smallest absolute Gasteiger partial charge is 0.264 e. The number of imide groups is 2. The van der Waals surface area contributed by atoms with Crippen LogP contribution in [0.15, 0.2) is 49.1 Å². The van der Waals surface area contributed by atoms with E-state index in [4.69, 9.17) is 9.72 Å². The van der Waals surface area contributed by atoms with Crippen LogP contribution >= 0.6 is 0 Å². The van der Waals surface area contributed by atoms with Crippen molar-refractivity contribution in [3.63, 3.8) is 0 Å². The highest BCUT2D eigenvalue weighted by atomic mass is 16.6. The lowest BCUT2D eigenvalue weighted by molar-refractivity contribution is -0.136. The Hall–Kier alpha value is -6.15. The monoisotopic (exact) mass is 1060 g/mol. The van der Waals surface area contributed by atoms with Crippen LogP contribution in [0.2, 0.25) is 0 Å². The summed E-state index contributed by atoms with van der Waals surface area (Å²) in [6.45, 7) is 12.8. The molecule has 1 aliphatic carbocycles. The molecular weight excluding hydrogens is 979 g/mol. The van der Waals surface area contributed by atoms with E-state index in [0.717, 1.165) is 112 Å². The zero-order valence-electron chi connectivity index (χ0n) is 45.6. The number of piperidine rings is 1. The molecule has 9 rings (SSSR count). The third-order valence-corrected chi connectivity index (χ3v) is 16.2. The Labute approximate surface area is 451 Å². The molecule has 0 radical (unpaired) electrons. The van der Waals surface area contributed by atoms with Gasteiger partial charge >= 0.3 is 0 Å². The Morgan fingerprint density at radius 3 is 2.31 bits per heavy atom. The number of ether oxygens (including phenoxy) is 1. The van der Waals surface area contributed by atoms with Gasteiger partial charge in [-0.3, -0.25) is 43.7 Å². The van der Waals surface area contributed by atoms with Crippen molar-refractivity contribution in [2.45, 2.75) is 198 Å². The normalized spacial score (nSPS) is 22.7. The van der Waals surface area contributed by atoms with Crippen molar-refractivity contribution in [2.75, 3.05) is 30.3 Å². The van der Waals surface area contributed by atoms with E-state index in [1.54, 1.807) is 29.1 Å². The standard InChI is InChI=1S/C58H79N11O8/c1-35(2)67(38-29-36(30-38)21-25-46-64-41-23-22-37(58(3,4)5)31-43(41)65-46)32-45-50(72)51(73)57(77-45)68-34-63-49-52(61-33-62-53(49)68)60-28-15-11-13-18-39(70)17-12-9-7-6-8-10-14-27-59-42-20-16-19-40-48(42)56(76)69(55(40)75)44-24-26-47(71)66-54(44)74/h16,19-20,22-23,31,33-36,38,44-45,50-51,57,59,72-73H,6-15,17-18,21,24-30,32H2,1-5H3,(H,64,65)(H,60,61,62)(H,66,71,74)/t36?,38?,44?,45-,50?,51+,57-/m1/s1. The summed E-state index contributed by atoms with van der Waals surface area (Å²) in [6, 6.07) is 11.2. The molecular formula is C58H79N11O8. The summed E-state index contributed by atoms with van der Waals surface area (Å²) >= 11 is 0. The number of aromatic amines is 1. The van der Waals surface area contributed by atoms with Gasteiger partial charge in [0.05, 0.1) is 28.5 Å². The number of aromatic nitrogens is 6. The molecule has 3 aromatic heterocycles. The van der Waals surface area contributed by atoms with E-state index < -0.39 is 54.2 Å². The number of nitrogens with one attached hydrogen (secondary N) is 4. The number of aryl methyl sites for hydroxylation is 1. The van der Waals surface area contributed by atoms with E-state index >= 15 is 0 Å². The first-order chi connectivity index (χ1) is 37.0. The van der Waals surface area contributed by atoms with Gasteiger partial charge in [-0.05, 0) is 106 Å². The van der Waals surface area contributed by atoms with Gasteiger partial charge in [0, 0.05) is 63.1 Å². The van der Waals surface area contributed by atoms with Crippen molar-refractivity contribution < 1.29 is 38.9 Å². The number of anilines is 2. The molecule has 3 fully saturated rings. The molecule has 3 aliphatic heterocycles. The Morgan fingerprint density at radius 2 is 1.58 bits per heavy atom. The Kier molecular flexibility index (Phi) is 17.8. The average molecular weight is 1060 g/mol. The zero-order valence-corrected chi connectivity index (χ0v) is 45.6. The number of aliphatic hydroxyl groups is 2. The van der Waals surface area contributed by atoms with Crippen LogP contribution in [0.1, 0.15) is 182 Å². The minimum absolute atomic E-state index is 0.0787. The number of aliphatic hydroxyl groups excluding tert-OH is 2. The number of rotatable bonds is 27. The number of fused-ring (bicyclic) bond motifs is 3. The molecule has 5 atom stereocenters. The van der Waals surface area contributed by atoms with Crippen LogP contribution < -0.4 is 16.0 Å². The van der Waals surface area contributed by atoms with Gasteiger partial charge in [0.25, 0.3) is 11.8 Å². The summed E-state index contributed by atoms with van der Waals surface area (Å²) in [5.41, 5.74) is 5.67. The fourth-order valence-corrected chi connectivity index (χ4v) is 11.6. The van der Waals surface area contributed by atoms with Crippen LogP contribution in [0.25, 0.3) is 22.2 Å². The molecule has 5 aromatic rings. The van der Waals surface area contributed by atoms with E-state index in [9.17, 15) is 34.2 Å². The maximum absolute atomic E-state index is 13.3. The van der Waals surface area contributed by atoms with Crippen molar-refractivity contribution >= 4 is 63.1 Å². The van der Waals surface area contributed by atoms with Crippen LogP contribution in [0.4, 0.5) is 11.5 Å². The zero-order chi connectivity index (χ0) is 54.4. The first kappa shape index (κ1) is 55.6. The molecule has 6 heterocycles. The number of H-pyrrole nitrogens is 1. The number of ketones is 1. The highest BCUT2D eigenvalue weighted by Crippen LogP contribution is 2.39. The number of imidazole rings is 2. The molecule has 4 aliphatic rings. The summed E-state index contributed by atoms with van der Waals surface area (Å²) in [4.78, 5) is 88.5. The molecule has 4 amide bonds. The Morgan fingerprint density at radius 1 is 0.870 bits per heavy atom. The van der Waals surface area contributed by atoms with Crippen LogP contribution in [-0.4, -0.2) is 135 Å². The fraction of sp³-hybridized carbons (Fsp3) is 0.603. The van der Waals surface area contributed by atoms with Gasteiger partial charge in [-0.2, -0.15) is 0 Å². The molecule has 2 saturated heterocycles. The predicted octanol–water partition coefficient (Wildman–Crippen LogP) is 7.92. The number of unbranched alkanes of at least 4 members (excludes halogenated alkanes) is 8.